The van der Waals surface area contributed by atoms with E-state index in [1.807, 2.05) is 60.0 Å². The molecule has 0 atom stereocenters. The van der Waals surface area contributed by atoms with E-state index >= 15 is 0 Å². The number of carbonyl (C=O) groups is 2. The van der Waals surface area contributed by atoms with Gasteiger partial charge in [-0.2, -0.15) is 0 Å². The van der Waals surface area contributed by atoms with Crippen LogP contribution < -0.4 is 10.6 Å². The summed E-state index contributed by atoms with van der Waals surface area (Å²) < 4.78 is 0. The molecule has 2 N–H and O–H groups in total. The van der Waals surface area contributed by atoms with Crippen LogP contribution in [-0.4, -0.2) is 28.3 Å². The van der Waals surface area contributed by atoms with Crippen molar-refractivity contribution in [3.05, 3.63) is 77.9 Å². The third-order valence-corrected chi connectivity index (χ3v) is 5.14. The van der Waals surface area contributed by atoms with E-state index in [2.05, 4.69) is 20.6 Å². The molecule has 0 aliphatic rings. The molecule has 4 rings (SSSR count). The van der Waals surface area contributed by atoms with Crippen molar-refractivity contribution >= 4 is 39.1 Å². The number of amides is 2. The smallest absolute Gasteiger partial charge is 0.245 e. The molecule has 0 saturated heterocycles. The zero-order valence-corrected chi connectivity index (χ0v) is 16.3. The van der Waals surface area contributed by atoms with Crippen molar-refractivity contribution in [1.82, 2.24) is 15.3 Å². The molecule has 0 bridgehead atoms. The van der Waals surface area contributed by atoms with E-state index in [9.17, 15) is 9.59 Å². The maximum absolute atomic E-state index is 12.3. The van der Waals surface area contributed by atoms with Crippen LogP contribution >= 0.6 is 11.3 Å². The first-order chi connectivity index (χ1) is 14.2. The van der Waals surface area contributed by atoms with E-state index in [0.29, 0.717) is 5.13 Å². The zero-order chi connectivity index (χ0) is 20.1. The van der Waals surface area contributed by atoms with Crippen LogP contribution in [0, 0.1) is 0 Å². The third-order valence-electron chi connectivity index (χ3n) is 4.38. The number of aromatic nitrogens is 2. The van der Waals surface area contributed by atoms with Gasteiger partial charge < -0.3 is 10.6 Å². The van der Waals surface area contributed by atoms with Crippen LogP contribution in [0.15, 0.2) is 72.4 Å². The molecule has 29 heavy (non-hydrogen) atoms. The Morgan fingerprint density at radius 1 is 0.966 bits per heavy atom. The van der Waals surface area contributed by atoms with Crippen LogP contribution in [0.4, 0.5) is 5.13 Å². The Labute approximate surface area is 171 Å². The average Bonchev–Trinajstić information content (AvgIpc) is 3.22. The van der Waals surface area contributed by atoms with Crippen molar-refractivity contribution in [2.45, 2.75) is 6.42 Å². The minimum absolute atomic E-state index is 0.106. The highest BCUT2D eigenvalue weighted by Gasteiger charge is 2.11. The number of hydrogen-bond donors (Lipinski definition) is 2. The van der Waals surface area contributed by atoms with Crippen LogP contribution in [-0.2, 0) is 16.0 Å². The number of hydrogen-bond acceptors (Lipinski definition) is 5. The lowest BCUT2D eigenvalue weighted by Gasteiger charge is -2.08. The van der Waals surface area contributed by atoms with Crippen molar-refractivity contribution in [3.63, 3.8) is 0 Å². The molecule has 2 aromatic heterocycles. The van der Waals surface area contributed by atoms with Crippen molar-refractivity contribution in [1.29, 1.82) is 0 Å². The first-order valence-corrected chi connectivity index (χ1v) is 9.96. The first-order valence-electron chi connectivity index (χ1n) is 9.08. The van der Waals surface area contributed by atoms with Gasteiger partial charge in [-0.1, -0.05) is 42.5 Å². The van der Waals surface area contributed by atoms with E-state index in [4.69, 9.17) is 0 Å². The molecule has 6 nitrogen and oxygen atoms in total. The predicted molar refractivity (Wildman–Crippen MR) is 115 cm³/mol. The molecule has 0 fully saturated rings. The van der Waals surface area contributed by atoms with E-state index in [0.717, 1.165) is 27.6 Å². The lowest BCUT2D eigenvalue weighted by Crippen LogP contribution is -2.33. The van der Waals surface area contributed by atoms with Crippen LogP contribution in [0.5, 0.6) is 0 Å². The quantitative estimate of drug-likeness (QED) is 0.516. The van der Waals surface area contributed by atoms with Crippen molar-refractivity contribution in [2.24, 2.45) is 0 Å². The number of pyridine rings is 1. The van der Waals surface area contributed by atoms with Crippen LogP contribution in [0.2, 0.25) is 0 Å². The van der Waals surface area contributed by atoms with Gasteiger partial charge in [0.2, 0.25) is 11.8 Å². The summed E-state index contributed by atoms with van der Waals surface area (Å²) in [6.45, 7) is -0.106. The monoisotopic (exact) mass is 402 g/mol. The number of fused-ring (bicyclic) bond motifs is 1. The molecule has 2 heterocycles. The second-order valence-corrected chi connectivity index (χ2v) is 7.28. The van der Waals surface area contributed by atoms with E-state index < -0.39 is 0 Å². The fraction of sp³-hybridized carbons (Fsp3) is 0.0909. The number of thiazole rings is 1. The largest absolute Gasteiger partial charge is 0.347 e. The SMILES string of the molecule is O=C(Cc1cccc2ccccc12)NCC(=O)Nc1nc(-c2cccnc2)cs1. The summed E-state index contributed by atoms with van der Waals surface area (Å²) in [5, 5.41) is 9.85. The Kier molecular flexibility index (Phi) is 5.58. The van der Waals surface area contributed by atoms with E-state index in [1.165, 1.54) is 11.3 Å². The van der Waals surface area contributed by atoms with Crippen LogP contribution in [0.1, 0.15) is 5.56 Å². The van der Waals surface area contributed by atoms with Gasteiger partial charge in [-0.25, -0.2) is 4.98 Å². The van der Waals surface area contributed by atoms with E-state index in [1.54, 1.807) is 12.4 Å². The number of nitrogens with zero attached hydrogens (tertiary/aromatic N) is 2. The molecule has 0 spiro atoms. The van der Waals surface area contributed by atoms with Crippen molar-refractivity contribution in [2.75, 3.05) is 11.9 Å². The first kappa shape index (κ1) is 18.8. The van der Waals surface area contributed by atoms with E-state index in [-0.39, 0.29) is 24.8 Å². The van der Waals surface area contributed by atoms with Gasteiger partial charge in [0.15, 0.2) is 5.13 Å². The molecule has 0 aliphatic heterocycles. The number of benzene rings is 2. The molecule has 144 valence electrons. The second-order valence-electron chi connectivity index (χ2n) is 6.42. The fourth-order valence-corrected chi connectivity index (χ4v) is 3.74. The molecule has 0 aliphatic carbocycles. The molecule has 2 aromatic carbocycles. The molecule has 0 radical (unpaired) electrons. The van der Waals surface area contributed by atoms with Gasteiger partial charge in [-0.15, -0.1) is 11.3 Å². The zero-order valence-electron chi connectivity index (χ0n) is 15.5. The molecular weight excluding hydrogens is 384 g/mol. The summed E-state index contributed by atoms with van der Waals surface area (Å²) in [6, 6.07) is 17.5. The van der Waals surface area contributed by atoms with Gasteiger partial charge in [0, 0.05) is 23.3 Å². The fourth-order valence-electron chi connectivity index (χ4n) is 3.00. The minimum atomic E-state index is -0.316. The van der Waals surface area contributed by atoms with Crippen LogP contribution in [0.25, 0.3) is 22.0 Å². The Balaban J connectivity index is 1.31. The highest BCUT2D eigenvalue weighted by Crippen LogP contribution is 2.24. The predicted octanol–water partition coefficient (Wildman–Crippen LogP) is 3.66. The van der Waals surface area contributed by atoms with Gasteiger partial charge in [0.25, 0.3) is 0 Å². The normalized spacial score (nSPS) is 10.6. The maximum Gasteiger partial charge on any atom is 0.245 e. The highest BCUT2D eigenvalue weighted by molar-refractivity contribution is 7.14. The van der Waals surface area contributed by atoms with Crippen molar-refractivity contribution in [3.8, 4) is 11.3 Å². The molecule has 4 aromatic rings. The van der Waals surface area contributed by atoms with Gasteiger partial charge in [-0.05, 0) is 28.5 Å². The lowest BCUT2D eigenvalue weighted by atomic mass is 10.0. The van der Waals surface area contributed by atoms with Gasteiger partial charge in [0.05, 0.1) is 18.7 Å². The second kappa shape index (κ2) is 8.62. The molecule has 0 saturated carbocycles. The number of nitrogens with one attached hydrogen (secondary N) is 2. The Hall–Kier alpha value is -3.58. The number of carbonyl (C=O) groups excluding carboxylic acids is 2. The summed E-state index contributed by atoms with van der Waals surface area (Å²) in [4.78, 5) is 32.9. The Bertz CT molecular complexity index is 1150. The third kappa shape index (κ3) is 4.64. The lowest BCUT2D eigenvalue weighted by molar-refractivity contribution is -0.123. The van der Waals surface area contributed by atoms with Gasteiger partial charge in [-0.3, -0.25) is 14.6 Å². The topological polar surface area (TPSA) is 84.0 Å². The standard InChI is InChI=1S/C22H18N4O2S/c27-20(11-16-7-3-6-15-5-1-2-9-18(15)16)24-13-21(28)26-22-25-19(14-29-22)17-8-4-10-23-12-17/h1-10,12,14H,11,13H2,(H,24,27)(H,25,26,28). The van der Waals surface area contributed by atoms with Gasteiger partial charge in [0.1, 0.15) is 0 Å². The molecule has 0 unspecified atom stereocenters. The maximum atomic E-state index is 12.3. The average molecular weight is 402 g/mol. The van der Waals surface area contributed by atoms with Crippen LogP contribution in [0.3, 0.4) is 0 Å². The molecule has 2 amide bonds. The van der Waals surface area contributed by atoms with Gasteiger partial charge >= 0.3 is 0 Å². The highest BCUT2D eigenvalue weighted by atomic mass is 32.1. The number of rotatable bonds is 6. The summed E-state index contributed by atoms with van der Waals surface area (Å²) in [6.07, 6.45) is 3.63. The molecular formula is C22H18N4O2S. The minimum Gasteiger partial charge on any atom is -0.347 e. The Morgan fingerprint density at radius 3 is 2.69 bits per heavy atom. The van der Waals surface area contributed by atoms with Crippen molar-refractivity contribution < 1.29 is 9.59 Å². The summed E-state index contributed by atoms with van der Waals surface area (Å²) in [7, 11) is 0. The summed E-state index contributed by atoms with van der Waals surface area (Å²) in [5.41, 5.74) is 2.56. The Morgan fingerprint density at radius 2 is 1.83 bits per heavy atom. The number of anilines is 1. The summed E-state index contributed by atoms with van der Waals surface area (Å²) in [5.74, 6) is -0.518. The summed E-state index contributed by atoms with van der Waals surface area (Å²) >= 11 is 1.33. The molecule has 7 heteroatoms.